The number of fused-ring (bicyclic) bond motifs is 1. The molecule has 0 spiro atoms. The Morgan fingerprint density at radius 3 is 2.06 bits per heavy atom. The van der Waals surface area contributed by atoms with Gasteiger partial charge in [0.15, 0.2) is 0 Å². The van der Waals surface area contributed by atoms with Gasteiger partial charge in [-0.2, -0.15) is 0 Å². The normalized spacial score (nSPS) is 19.1. The average Bonchev–Trinajstić information content (AvgIpc) is 2.70. The van der Waals surface area contributed by atoms with Gasteiger partial charge in [0, 0.05) is 9.13 Å². The van der Waals surface area contributed by atoms with Crippen LogP contribution in [0.5, 0.6) is 5.75 Å². The summed E-state index contributed by atoms with van der Waals surface area (Å²) in [7, 11) is 0. The highest BCUT2D eigenvalue weighted by atomic mass is 127. The first-order valence-electron chi connectivity index (χ1n) is 12.0. The first kappa shape index (κ1) is 26.2. The zero-order chi connectivity index (χ0) is 23.2. The Morgan fingerprint density at radius 1 is 0.871 bits per heavy atom. The molecule has 31 heavy (non-hydrogen) atoms. The summed E-state index contributed by atoms with van der Waals surface area (Å²) in [4.78, 5) is 0. The molecule has 0 aromatic heterocycles. The summed E-state index contributed by atoms with van der Waals surface area (Å²) < 4.78 is 8.07. The van der Waals surface area contributed by atoms with Crippen molar-refractivity contribution in [3.05, 3.63) is 60.8 Å². The molecule has 1 nitrogen and oxygen atoms in total. The van der Waals surface area contributed by atoms with Gasteiger partial charge in [-0.25, -0.2) is 0 Å². The Hall–Kier alpha value is -1.03. The summed E-state index contributed by atoms with van der Waals surface area (Å²) in [5.41, 5.74) is 9.94. The van der Waals surface area contributed by atoms with Gasteiger partial charge in [0.2, 0.25) is 0 Å². The van der Waals surface area contributed by atoms with Gasteiger partial charge < -0.3 is 4.74 Å². The first-order chi connectivity index (χ1) is 14.5. The largest absolute Gasteiger partial charge is 0.487 e. The van der Waals surface area contributed by atoms with Gasteiger partial charge in [-0.1, -0.05) is 34.9 Å². The van der Waals surface area contributed by atoms with Crippen LogP contribution >= 0.6 is 22.6 Å². The molecule has 1 aliphatic heterocycles. The summed E-state index contributed by atoms with van der Waals surface area (Å²) in [5, 5.41) is 0. The minimum atomic E-state index is -0.0548. The third kappa shape index (κ3) is 7.51. The molecule has 0 fully saturated rings. The molecule has 1 atom stereocenters. The van der Waals surface area contributed by atoms with Crippen molar-refractivity contribution in [1.29, 1.82) is 0 Å². The lowest BCUT2D eigenvalue weighted by Gasteiger charge is -2.38. The fraction of sp³-hybridized carbons (Fsp3) is 0.586. The van der Waals surface area contributed by atoms with Crippen molar-refractivity contribution in [2.24, 2.45) is 0 Å². The maximum Gasteiger partial charge on any atom is 0.127 e. The minimum Gasteiger partial charge on any atom is -0.487 e. The van der Waals surface area contributed by atoms with Crippen molar-refractivity contribution in [2.75, 3.05) is 0 Å². The predicted octanol–water partition coefficient (Wildman–Crippen LogP) is 9.50. The molecule has 0 unspecified atom stereocenters. The Labute approximate surface area is 205 Å². The second kappa shape index (κ2) is 11.7. The lowest BCUT2D eigenvalue weighted by Crippen LogP contribution is -2.37. The standard InChI is InChI=1S/C29H43IO/c1-20(2)12-9-13-21(3)14-10-15-22(4)16-11-18-29(8)19-17-26-27(30)24(6)23(5)25(7)28(26)31-29/h12,14,16H,9-11,13,15,17-19H2,1-8H3/b21-14+,22-16+/t29-/m1/s1. The fourth-order valence-electron chi connectivity index (χ4n) is 4.36. The summed E-state index contributed by atoms with van der Waals surface area (Å²) in [5.74, 6) is 1.16. The number of hydrogen-bond acceptors (Lipinski definition) is 1. The summed E-state index contributed by atoms with van der Waals surface area (Å²) in [6.07, 6.45) is 16.3. The van der Waals surface area contributed by atoms with Crippen molar-refractivity contribution >= 4 is 22.6 Å². The average molecular weight is 535 g/mol. The van der Waals surface area contributed by atoms with Gasteiger partial charge in [0.25, 0.3) is 0 Å². The third-order valence-corrected chi connectivity index (χ3v) is 8.34. The second-order valence-electron chi connectivity index (χ2n) is 10.0. The highest BCUT2D eigenvalue weighted by molar-refractivity contribution is 14.1. The van der Waals surface area contributed by atoms with E-state index in [1.165, 1.54) is 55.4 Å². The maximum atomic E-state index is 6.67. The number of benzene rings is 1. The van der Waals surface area contributed by atoms with E-state index in [4.69, 9.17) is 4.74 Å². The summed E-state index contributed by atoms with van der Waals surface area (Å²) in [6, 6.07) is 0. The number of hydrogen-bond donors (Lipinski definition) is 0. The van der Waals surface area contributed by atoms with E-state index in [9.17, 15) is 0 Å². The fourth-order valence-corrected chi connectivity index (χ4v) is 5.27. The van der Waals surface area contributed by atoms with Gasteiger partial charge in [0.05, 0.1) is 0 Å². The molecule has 0 radical (unpaired) electrons. The molecular formula is C29H43IO. The SMILES string of the molecule is CC(C)=CCC/C(C)=C/CC/C(C)=C/CC[C@]1(C)CCc2c(I)c(C)c(C)c(C)c2O1. The van der Waals surface area contributed by atoms with Crippen molar-refractivity contribution < 1.29 is 4.74 Å². The summed E-state index contributed by atoms with van der Waals surface area (Å²) in [6.45, 7) is 17.9. The van der Waals surface area contributed by atoms with Crippen molar-refractivity contribution in [3.63, 3.8) is 0 Å². The summed E-state index contributed by atoms with van der Waals surface area (Å²) >= 11 is 2.51. The molecule has 172 valence electrons. The van der Waals surface area contributed by atoms with Crippen LogP contribution in [-0.4, -0.2) is 5.60 Å². The van der Waals surface area contributed by atoms with E-state index in [-0.39, 0.29) is 5.60 Å². The van der Waals surface area contributed by atoms with Crippen LogP contribution in [0.25, 0.3) is 0 Å². The van der Waals surface area contributed by atoms with E-state index in [1.807, 2.05) is 0 Å². The zero-order valence-electron chi connectivity index (χ0n) is 21.2. The lowest BCUT2D eigenvalue weighted by atomic mass is 9.86. The molecule has 1 aromatic rings. The monoisotopic (exact) mass is 534 g/mol. The van der Waals surface area contributed by atoms with E-state index in [1.54, 1.807) is 0 Å². The van der Waals surface area contributed by atoms with Gasteiger partial charge in [-0.3, -0.25) is 0 Å². The molecule has 0 aliphatic carbocycles. The van der Waals surface area contributed by atoms with Gasteiger partial charge >= 0.3 is 0 Å². The van der Waals surface area contributed by atoms with Crippen LogP contribution in [-0.2, 0) is 6.42 Å². The molecule has 2 rings (SSSR count). The van der Waals surface area contributed by atoms with Crippen LogP contribution in [0.15, 0.2) is 34.9 Å². The molecule has 0 saturated heterocycles. The smallest absolute Gasteiger partial charge is 0.127 e. The number of allylic oxidation sites excluding steroid dienone is 6. The van der Waals surface area contributed by atoms with Gasteiger partial charge in [-0.05, 0) is 146 Å². The Morgan fingerprint density at radius 2 is 1.45 bits per heavy atom. The van der Waals surface area contributed by atoms with Crippen LogP contribution in [0.3, 0.4) is 0 Å². The molecule has 1 aromatic carbocycles. The van der Waals surface area contributed by atoms with Gasteiger partial charge in [-0.15, -0.1) is 0 Å². The van der Waals surface area contributed by atoms with Crippen molar-refractivity contribution in [1.82, 2.24) is 0 Å². The van der Waals surface area contributed by atoms with Crippen molar-refractivity contribution in [2.45, 2.75) is 112 Å². The van der Waals surface area contributed by atoms with E-state index < -0.39 is 0 Å². The van der Waals surface area contributed by atoms with E-state index in [0.29, 0.717) is 0 Å². The Balaban J connectivity index is 1.88. The second-order valence-corrected chi connectivity index (χ2v) is 11.1. The molecular weight excluding hydrogens is 491 g/mol. The van der Waals surface area contributed by atoms with E-state index in [0.717, 1.165) is 44.3 Å². The Bertz CT molecular complexity index is 867. The van der Waals surface area contributed by atoms with E-state index >= 15 is 0 Å². The van der Waals surface area contributed by atoms with Crippen molar-refractivity contribution in [3.8, 4) is 5.75 Å². The number of halogens is 1. The molecule has 0 N–H and O–H groups in total. The van der Waals surface area contributed by atoms with Gasteiger partial charge in [0.1, 0.15) is 11.4 Å². The molecule has 0 saturated carbocycles. The maximum absolute atomic E-state index is 6.67. The topological polar surface area (TPSA) is 9.23 Å². The van der Waals surface area contributed by atoms with Crippen LogP contribution < -0.4 is 4.74 Å². The number of rotatable bonds is 9. The number of ether oxygens (including phenoxy) is 1. The highest BCUT2D eigenvalue weighted by Gasteiger charge is 2.33. The Kier molecular flexibility index (Phi) is 9.92. The molecule has 2 heteroatoms. The predicted molar refractivity (Wildman–Crippen MR) is 145 cm³/mol. The molecule has 1 heterocycles. The van der Waals surface area contributed by atoms with Crippen LogP contribution in [0.4, 0.5) is 0 Å². The quantitative estimate of drug-likeness (QED) is 0.226. The van der Waals surface area contributed by atoms with E-state index in [2.05, 4.69) is 96.2 Å². The lowest BCUT2D eigenvalue weighted by molar-refractivity contribution is 0.0559. The molecule has 0 amide bonds. The minimum absolute atomic E-state index is 0.0548. The third-order valence-electron chi connectivity index (χ3n) is 6.87. The van der Waals surface area contributed by atoms with Crippen LogP contribution in [0.1, 0.15) is 102 Å². The van der Waals surface area contributed by atoms with Crippen LogP contribution in [0.2, 0.25) is 0 Å². The zero-order valence-corrected chi connectivity index (χ0v) is 23.3. The molecule has 1 aliphatic rings. The highest BCUT2D eigenvalue weighted by Crippen LogP contribution is 2.42. The first-order valence-corrected chi connectivity index (χ1v) is 13.0. The van der Waals surface area contributed by atoms with Crippen LogP contribution in [0, 0.1) is 24.3 Å². The molecule has 0 bridgehead atoms.